The van der Waals surface area contributed by atoms with Crippen LogP contribution in [0.2, 0.25) is 0 Å². The summed E-state index contributed by atoms with van der Waals surface area (Å²) in [6.07, 6.45) is 0.861. The normalized spacial score (nSPS) is 10.5. The molecule has 0 heterocycles. The van der Waals surface area contributed by atoms with E-state index in [1.807, 2.05) is 0 Å². The summed E-state index contributed by atoms with van der Waals surface area (Å²) in [7, 11) is 1.66. The van der Waals surface area contributed by atoms with Gasteiger partial charge in [-0.2, -0.15) is 0 Å². The lowest BCUT2D eigenvalue weighted by molar-refractivity contribution is 0.0804. The van der Waals surface area contributed by atoms with E-state index in [-0.39, 0.29) is 5.82 Å². The zero-order valence-corrected chi connectivity index (χ0v) is 11.3. The fourth-order valence-corrected chi connectivity index (χ4v) is 1.57. The van der Waals surface area contributed by atoms with Gasteiger partial charge in [-0.1, -0.05) is 0 Å². The predicted octanol–water partition coefficient (Wildman–Crippen LogP) is 3.02. The van der Waals surface area contributed by atoms with Gasteiger partial charge in [0.2, 0.25) is 0 Å². The number of halogens is 2. The molecule has 5 heteroatoms. The van der Waals surface area contributed by atoms with Gasteiger partial charge in [0.15, 0.2) is 0 Å². The fraction of sp³-hybridized carbons (Fsp3) is 0.500. The quantitative estimate of drug-likeness (QED) is 0.691. The van der Waals surface area contributed by atoms with Gasteiger partial charge >= 0.3 is 0 Å². The minimum absolute atomic E-state index is 0.316. The van der Waals surface area contributed by atoms with E-state index in [0.717, 1.165) is 10.9 Å². The minimum atomic E-state index is -0.316. The molecule has 96 valence electrons. The van der Waals surface area contributed by atoms with Crippen LogP contribution in [-0.2, 0) is 9.47 Å². The van der Waals surface area contributed by atoms with Crippen molar-refractivity contribution in [2.75, 3.05) is 33.5 Å². The van der Waals surface area contributed by atoms with Crippen LogP contribution in [0, 0.1) is 5.82 Å². The highest BCUT2D eigenvalue weighted by Gasteiger charge is 2.02. The molecule has 0 radical (unpaired) electrons. The Morgan fingerprint density at radius 1 is 1.18 bits per heavy atom. The Labute approximate surface area is 109 Å². The van der Waals surface area contributed by atoms with Crippen LogP contribution in [0.4, 0.5) is 4.39 Å². The molecule has 17 heavy (non-hydrogen) atoms. The maximum absolute atomic E-state index is 12.9. The number of benzene rings is 1. The number of hydrogen-bond donors (Lipinski definition) is 0. The summed E-state index contributed by atoms with van der Waals surface area (Å²) in [5.41, 5.74) is 0. The van der Waals surface area contributed by atoms with E-state index in [1.165, 1.54) is 12.1 Å². The lowest BCUT2D eigenvalue weighted by Crippen LogP contribution is -2.08. The summed E-state index contributed by atoms with van der Waals surface area (Å²) < 4.78 is 29.2. The summed E-state index contributed by atoms with van der Waals surface area (Å²) >= 11 is 3.28. The van der Waals surface area contributed by atoms with E-state index in [2.05, 4.69) is 15.9 Å². The molecule has 0 aromatic heterocycles. The molecule has 1 aromatic rings. The Bertz CT molecular complexity index is 334. The first-order chi connectivity index (χ1) is 8.24. The maximum atomic E-state index is 12.9. The highest BCUT2D eigenvalue weighted by molar-refractivity contribution is 9.10. The van der Waals surface area contributed by atoms with Crippen molar-refractivity contribution in [2.24, 2.45) is 0 Å². The lowest BCUT2D eigenvalue weighted by atomic mass is 10.3. The maximum Gasteiger partial charge on any atom is 0.136 e. The number of ether oxygens (including phenoxy) is 3. The number of hydrogen-bond acceptors (Lipinski definition) is 3. The second kappa shape index (κ2) is 8.44. The van der Waals surface area contributed by atoms with Crippen molar-refractivity contribution in [1.82, 2.24) is 0 Å². The molecule has 0 amide bonds. The predicted molar refractivity (Wildman–Crippen MR) is 66.9 cm³/mol. The first-order valence-electron chi connectivity index (χ1n) is 5.38. The average Bonchev–Trinajstić information content (AvgIpc) is 2.32. The van der Waals surface area contributed by atoms with Crippen LogP contribution in [0.15, 0.2) is 22.7 Å². The Kier molecular flexibility index (Phi) is 7.16. The highest BCUT2D eigenvalue weighted by atomic mass is 79.9. The molecule has 0 aliphatic heterocycles. The van der Waals surface area contributed by atoms with Gasteiger partial charge in [-0.25, -0.2) is 4.39 Å². The van der Waals surface area contributed by atoms with Crippen molar-refractivity contribution in [3.63, 3.8) is 0 Å². The molecule has 0 saturated heterocycles. The summed E-state index contributed by atoms with van der Waals surface area (Å²) in [6.45, 7) is 2.21. The van der Waals surface area contributed by atoms with Crippen LogP contribution in [0.25, 0.3) is 0 Å². The number of methoxy groups -OCH3 is 1. The van der Waals surface area contributed by atoms with Crippen LogP contribution in [0.1, 0.15) is 6.42 Å². The Morgan fingerprint density at radius 3 is 2.76 bits per heavy atom. The third-order valence-corrected chi connectivity index (χ3v) is 2.67. The van der Waals surface area contributed by atoms with Gasteiger partial charge in [0, 0.05) is 26.4 Å². The zero-order chi connectivity index (χ0) is 12.5. The molecule has 0 spiro atoms. The summed E-state index contributed by atoms with van der Waals surface area (Å²) in [5.74, 6) is 0.176. The van der Waals surface area contributed by atoms with E-state index in [0.29, 0.717) is 32.2 Å². The molecule has 0 fully saturated rings. The molecular formula is C12H16BrFO3. The molecular weight excluding hydrogens is 291 g/mol. The first kappa shape index (κ1) is 14.4. The smallest absolute Gasteiger partial charge is 0.136 e. The standard InChI is InChI=1S/C12H16BrFO3/c1-15-5-2-6-16-7-8-17-12-9-10(14)3-4-11(12)13/h3-4,9H,2,5-8H2,1H3. The third kappa shape index (κ3) is 6.00. The van der Waals surface area contributed by atoms with Crippen molar-refractivity contribution in [3.05, 3.63) is 28.5 Å². The SMILES string of the molecule is COCCCOCCOc1cc(F)ccc1Br. The van der Waals surface area contributed by atoms with Gasteiger partial charge in [0.1, 0.15) is 18.2 Å². The van der Waals surface area contributed by atoms with Crippen LogP contribution in [0.5, 0.6) is 5.75 Å². The van der Waals surface area contributed by atoms with Crippen LogP contribution < -0.4 is 4.74 Å². The Morgan fingerprint density at radius 2 is 2.00 bits per heavy atom. The van der Waals surface area contributed by atoms with E-state index in [9.17, 15) is 4.39 Å². The fourth-order valence-electron chi connectivity index (χ4n) is 1.21. The molecule has 0 bridgehead atoms. The zero-order valence-electron chi connectivity index (χ0n) is 9.75. The van der Waals surface area contributed by atoms with E-state index >= 15 is 0 Å². The average molecular weight is 307 g/mol. The molecule has 1 rings (SSSR count). The highest BCUT2D eigenvalue weighted by Crippen LogP contribution is 2.25. The van der Waals surface area contributed by atoms with Crippen molar-refractivity contribution in [3.8, 4) is 5.75 Å². The second-order valence-corrected chi connectivity index (χ2v) is 4.24. The first-order valence-corrected chi connectivity index (χ1v) is 6.18. The Hall–Kier alpha value is -0.650. The van der Waals surface area contributed by atoms with Gasteiger partial charge < -0.3 is 14.2 Å². The molecule has 0 aliphatic carbocycles. The monoisotopic (exact) mass is 306 g/mol. The summed E-state index contributed by atoms with van der Waals surface area (Å²) in [5, 5.41) is 0. The van der Waals surface area contributed by atoms with Crippen LogP contribution in [0.3, 0.4) is 0 Å². The van der Waals surface area contributed by atoms with Crippen LogP contribution >= 0.6 is 15.9 Å². The van der Waals surface area contributed by atoms with Crippen molar-refractivity contribution < 1.29 is 18.6 Å². The molecule has 0 atom stereocenters. The van der Waals surface area contributed by atoms with Crippen LogP contribution in [-0.4, -0.2) is 33.5 Å². The third-order valence-electron chi connectivity index (χ3n) is 2.02. The summed E-state index contributed by atoms with van der Waals surface area (Å²) in [4.78, 5) is 0. The van der Waals surface area contributed by atoms with E-state index in [1.54, 1.807) is 13.2 Å². The largest absolute Gasteiger partial charge is 0.490 e. The van der Waals surface area contributed by atoms with Gasteiger partial charge in [0.25, 0.3) is 0 Å². The van der Waals surface area contributed by atoms with Gasteiger partial charge in [-0.3, -0.25) is 0 Å². The number of rotatable bonds is 8. The molecule has 0 saturated carbocycles. The summed E-state index contributed by atoms with van der Waals surface area (Å²) in [6, 6.07) is 4.33. The molecule has 0 aliphatic rings. The Balaban J connectivity index is 2.15. The molecule has 1 aromatic carbocycles. The van der Waals surface area contributed by atoms with Crippen molar-refractivity contribution in [2.45, 2.75) is 6.42 Å². The van der Waals surface area contributed by atoms with Gasteiger partial charge in [-0.15, -0.1) is 0 Å². The van der Waals surface area contributed by atoms with Crippen molar-refractivity contribution in [1.29, 1.82) is 0 Å². The topological polar surface area (TPSA) is 27.7 Å². The van der Waals surface area contributed by atoms with Gasteiger partial charge in [-0.05, 0) is 34.5 Å². The van der Waals surface area contributed by atoms with Crippen molar-refractivity contribution >= 4 is 15.9 Å². The lowest BCUT2D eigenvalue weighted by Gasteiger charge is -2.08. The molecule has 3 nitrogen and oxygen atoms in total. The second-order valence-electron chi connectivity index (χ2n) is 3.38. The molecule has 0 unspecified atom stereocenters. The van der Waals surface area contributed by atoms with E-state index in [4.69, 9.17) is 14.2 Å². The van der Waals surface area contributed by atoms with Gasteiger partial charge in [0.05, 0.1) is 11.1 Å². The van der Waals surface area contributed by atoms with E-state index < -0.39 is 0 Å². The minimum Gasteiger partial charge on any atom is -0.490 e. The molecule has 0 N–H and O–H groups in total.